The summed E-state index contributed by atoms with van der Waals surface area (Å²) in [5.74, 6) is 14.0. The summed E-state index contributed by atoms with van der Waals surface area (Å²) < 4.78 is 0. The third-order valence-corrected chi connectivity index (χ3v) is 7.06. The third kappa shape index (κ3) is 3.96. The molecule has 0 aliphatic heterocycles. The van der Waals surface area contributed by atoms with Crippen LogP contribution in [0, 0.1) is 23.7 Å². The Morgan fingerprint density at radius 2 is 0.579 bits per heavy atom. The van der Waals surface area contributed by atoms with Gasteiger partial charge < -0.3 is 0 Å². The van der Waals surface area contributed by atoms with E-state index in [9.17, 15) is 0 Å². The minimum absolute atomic E-state index is 1.00. The van der Waals surface area contributed by atoms with Crippen molar-refractivity contribution in [2.75, 3.05) is 0 Å². The number of rotatable bonds is 0. The van der Waals surface area contributed by atoms with Crippen LogP contribution in [0.4, 0.5) is 0 Å². The predicted octanol–water partition coefficient (Wildman–Crippen LogP) is 9.10. The Hall–Kier alpha value is -5.30. The molecule has 0 bridgehead atoms. The van der Waals surface area contributed by atoms with Crippen molar-refractivity contribution in [2.45, 2.75) is 0 Å². The summed E-state index contributed by atoms with van der Waals surface area (Å²) in [6.07, 6.45) is 0. The first-order valence-corrected chi connectivity index (χ1v) is 12.8. The van der Waals surface area contributed by atoms with Crippen LogP contribution in [0.1, 0.15) is 22.3 Å². The van der Waals surface area contributed by atoms with Crippen LogP contribution >= 0.6 is 0 Å². The van der Waals surface area contributed by atoms with Crippen LogP contribution < -0.4 is 0 Å². The van der Waals surface area contributed by atoms with Gasteiger partial charge in [-0.3, -0.25) is 0 Å². The zero-order valence-corrected chi connectivity index (χ0v) is 20.7. The van der Waals surface area contributed by atoms with Gasteiger partial charge in [0.15, 0.2) is 0 Å². The molecule has 0 fully saturated rings. The van der Waals surface area contributed by atoms with E-state index < -0.39 is 0 Å². The van der Waals surface area contributed by atoms with E-state index in [1.54, 1.807) is 0 Å². The maximum Gasteiger partial charge on any atom is 0.0407 e. The molecule has 0 heteroatoms. The molecule has 174 valence electrons. The summed E-state index contributed by atoms with van der Waals surface area (Å²) in [4.78, 5) is 0. The van der Waals surface area contributed by atoms with Crippen LogP contribution in [0.3, 0.4) is 0 Å². The minimum Gasteiger partial charge on any atom is -0.0622 e. The molecule has 0 saturated heterocycles. The van der Waals surface area contributed by atoms with E-state index in [2.05, 4.69) is 121 Å². The summed E-state index contributed by atoms with van der Waals surface area (Å²) in [5, 5.41) is 9.32. The maximum atomic E-state index is 3.58. The summed E-state index contributed by atoms with van der Waals surface area (Å²) in [7, 11) is 0. The van der Waals surface area contributed by atoms with Gasteiger partial charge in [0.2, 0.25) is 0 Å². The lowest BCUT2D eigenvalue weighted by Crippen LogP contribution is -1.92. The number of benzene rings is 7. The highest BCUT2D eigenvalue weighted by Gasteiger charge is 2.14. The Kier molecular flexibility index (Phi) is 5.37. The standard InChI is InChI=1S/C38H22/c1-3-11-27(12-4-1)19-21-33-35-23-29-15-7-9-17-31(29)25-37(35)34(22-20-28-13-5-2-6-14-28)38-26-32-18-10-8-16-30(32)24-36(33)38/h1-18,23-26H. The fourth-order valence-electron chi connectivity index (χ4n) is 5.18. The quantitative estimate of drug-likeness (QED) is 0.151. The van der Waals surface area contributed by atoms with Crippen molar-refractivity contribution >= 4 is 43.1 Å². The SMILES string of the molecule is C(#Cc1c2cc3ccccc3cc2c(C#Cc2ccccc2)c2cc3ccccc3cc12)c1ccccc1. The van der Waals surface area contributed by atoms with Crippen molar-refractivity contribution in [3.8, 4) is 23.7 Å². The molecule has 0 unspecified atom stereocenters. The molecular weight excluding hydrogens is 456 g/mol. The Labute approximate surface area is 222 Å². The second-order valence-electron chi connectivity index (χ2n) is 9.47. The van der Waals surface area contributed by atoms with Crippen molar-refractivity contribution in [3.63, 3.8) is 0 Å². The average molecular weight is 479 g/mol. The molecule has 0 nitrogen and oxygen atoms in total. The van der Waals surface area contributed by atoms with E-state index >= 15 is 0 Å². The van der Waals surface area contributed by atoms with E-state index in [4.69, 9.17) is 0 Å². The largest absolute Gasteiger partial charge is 0.0622 e. The highest BCUT2D eigenvalue weighted by molar-refractivity contribution is 6.16. The fraction of sp³-hybridized carbons (Fsp3) is 0. The maximum absolute atomic E-state index is 3.58. The number of fused-ring (bicyclic) bond motifs is 4. The lowest BCUT2D eigenvalue weighted by atomic mass is 9.88. The molecule has 0 radical (unpaired) electrons. The van der Waals surface area contributed by atoms with E-state index in [-0.39, 0.29) is 0 Å². The van der Waals surface area contributed by atoms with Gasteiger partial charge in [-0.1, -0.05) is 109 Å². The predicted molar refractivity (Wildman–Crippen MR) is 161 cm³/mol. The smallest absolute Gasteiger partial charge is 0.0407 e. The number of hydrogen-bond donors (Lipinski definition) is 0. The monoisotopic (exact) mass is 478 g/mol. The second kappa shape index (κ2) is 9.29. The van der Waals surface area contributed by atoms with Gasteiger partial charge in [-0.05, 0) is 91.6 Å². The van der Waals surface area contributed by atoms with Crippen molar-refractivity contribution in [1.82, 2.24) is 0 Å². The van der Waals surface area contributed by atoms with Gasteiger partial charge in [0.25, 0.3) is 0 Å². The van der Waals surface area contributed by atoms with Crippen molar-refractivity contribution in [3.05, 3.63) is 156 Å². The Balaban J connectivity index is 1.65. The topological polar surface area (TPSA) is 0 Å². The summed E-state index contributed by atoms with van der Waals surface area (Å²) >= 11 is 0. The summed E-state index contributed by atoms with van der Waals surface area (Å²) in [6, 6.07) is 46.6. The van der Waals surface area contributed by atoms with E-state index in [1.807, 2.05) is 36.4 Å². The van der Waals surface area contributed by atoms with Crippen LogP contribution in [0.5, 0.6) is 0 Å². The molecule has 0 aromatic heterocycles. The first-order valence-electron chi connectivity index (χ1n) is 12.8. The van der Waals surface area contributed by atoms with Gasteiger partial charge in [0, 0.05) is 22.3 Å². The molecule has 0 atom stereocenters. The molecule has 0 aliphatic rings. The van der Waals surface area contributed by atoms with Gasteiger partial charge >= 0.3 is 0 Å². The summed E-state index contributed by atoms with van der Waals surface area (Å²) in [5.41, 5.74) is 4.09. The van der Waals surface area contributed by atoms with E-state index in [1.165, 1.54) is 21.5 Å². The van der Waals surface area contributed by atoms with Gasteiger partial charge in [-0.2, -0.15) is 0 Å². The summed E-state index contributed by atoms with van der Waals surface area (Å²) in [6.45, 7) is 0. The molecule has 38 heavy (non-hydrogen) atoms. The number of hydrogen-bond acceptors (Lipinski definition) is 0. The third-order valence-electron chi connectivity index (χ3n) is 7.06. The molecule has 7 aromatic rings. The van der Waals surface area contributed by atoms with Crippen LogP contribution in [-0.2, 0) is 0 Å². The van der Waals surface area contributed by atoms with Gasteiger partial charge in [-0.25, -0.2) is 0 Å². The van der Waals surface area contributed by atoms with Crippen molar-refractivity contribution < 1.29 is 0 Å². The molecule has 0 aliphatic carbocycles. The lowest BCUT2D eigenvalue weighted by molar-refractivity contribution is 1.64. The minimum atomic E-state index is 1.00. The zero-order valence-electron chi connectivity index (χ0n) is 20.7. The normalized spacial score (nSPS) is 10.7. The van der Waals surface area contributed by atoms with Crippen molar-refractivity contribution in [1.29, 1.82) is 0 Å². The Morgan fingerprint density at radius 1 is 0.289 bits per heavy atom. The van der Waals surface area contributed by atoms with Crippen LogP contribution in [0.2, 0.25) is 0 Å². The Morgan fingerprint density at radius 3 is 0.895 bits per heavy atom. The fourth-order valence-corrected chi connectivity index (χ4v) is 5.18. The molecule has 7 rings (SSSR count). The molecule has 0 amide bonds. The zero-order chi connectivity index (χ0) is 25.3. The first kappa shape index (κ1) is 21.9. The highest BCUT2D eigenvalue weighted by Crippen LogP contribution is 2.37. The molecule has 7 aromatic carbocycles. The molecule has 0 heterocycles. The van der Waals surface area contributed by atoms with Gasteiger partial charge in [0.1, 0.15) is 0 Å². The molecular formula is C38H22. The van der Waals surface area contributed by atoms with Crippen LogP contribution in [0.25, 0.3) is 43.1 Å². The molecule has 0 spiro atoms. The molecule has 0 saturated carbocycles. The first-order chi connectivity index (χ1) is 18.8. The Bertz CT molecular complexity index is 1860. The van der Waals surface area contributed by atoms with E-state index in [0.717, 1.165) is 43.8 Å². The van der Waals surface area contributed by atoms with Crippen molar-refractivity contribution in [2.24, 2.45) is 0 Å². The highest BCUT2D eigenvalue weighted by atomic mass is 14.2. The molecule has 0 N–H and O–H groups in total. The van der Waals surface area contributed by atoms with Gasteiger partial charge in [0.05, 0.1) is 0 Å². The second-order valence-corrected chi connectivity index (χ2v) is 9.47. The average Bonchev–Trinajstić information content (AvgIpc) is 2.98. The van der Waals surface area contributed by atoms with E-state index in [0.29, 0.717) is 0 Å². The van der Waals surface area contributed by atoms with Gasteiger partial charge in [-0.15, -0.1) is 0 Å². The van der Waals surface area contributed by atoms with Crippen LogP contribution in [0.15, 0.2) is 133 Å². The lowest BCUT2D eigenvalue weighted by Gasteiger charge is -2.14. The van der Waals surface area contributed by atoms with Crippen LogP contribution in [-0.4, -0.2) is 0 Å².